The minimum Gasteiger partial charge on any atom is -0.462 e. The summed E-state index contributed by atoms with van der Waals surface area (Å²) >= 11 is 0. The number of nitrogens with one attached hydrogen (secondary N) is 1. The van der Waals surface area contributed by atoms with E-state index in [1.807, 2.05) is 25.9 Å². The van der Waals surface area contributed by atoms with Crippen LogP contribution in [0.1, 0.15) is 35.6 Å². The van der Waals surface area contributed by atoms with Crippen LogP contribution in [0, 0.1) is 13.8 Å². The molecule has 0 aliphatic carbocycles. The Bertz CT molecular complexity index is 1330. The number of rotatable bonds is 6. The Kier molecular flexibility index (Phi) is 6.87. The van der Waals surface area contributed by atoms with Gasteiger partial charge in [0.15, 0.2) is 12.2 Å². The molecule has 2 aromatic heterocycles. The van der Waals surface area contributed by atoms with Crippen molar-refractivity contribution < 1.29 is 33.3 Å². The molecule has 1 fully saturated rings. The van der Waals surface area contributed by atoms with Gasteiger partial charge in [0.05, 0.1) is 11.3 Å². The minimum absolute atomic E-state index is 0.258. The number of carbonyl (C=O) groups excluding carboxylic acids is 1. The third-order valence-electron chi connectivity index (χ3n) is 6.38. The van der Waals surface area contributed by atoms with E-state index < -0.39 is 41.8 Å². The van der Waals surface area contributed by atoms with Gasteiger partial charge in [0.2, 0.25) is 6.29 Å². The first-order valence-corrected chi connectivity index (χ1v) is 11.6. The summed E-state index contributed by atoms with van der Waals surface area (Å²) in [6.45, 7) is 7.10. The Balaban J connectivity index is 1.66. The van der Waals surface area contributed by atoms with Crippen LogP contribution >= 0.6 is 0 Å². The smallest absolute Gasteiger partial charge is 0.355 e. The van der Waals surface area contributed by atoms with Gasteiger partial charge in [-0.05, 0) is 52.0 Å². The molecule has 10 nitrogen and oxygen atoms in total. The van der Waals surface area contributed by atoms with Gasteiger partial charge < -0.3 is 38.4 Å². The average molecular weight is 501 g/mol. The van der Waals surface area contributed by atoms with Crippen LogP contribution in [0.25, 0.3) is 11.0 Å². The van der Waals surface area contributed by atoms with E-state index in [-0.39, 0.29) is 5.69 Å². The number of aromatic amines is 1. The fraction of sp³-hybridized carbons (Fsp3) is 0.462. The number of aliphatic hydroxyl groups is 1. The van der Waals surface area contributed by atoms with E-state index in [9.17, 15) is 14.7 Å². The van der Waals surface area contributed by atoms with E-state index in [1.54, 1.807) is 45.0 Å². The summed E-state index contributed by atoms with van der Waals surface area (Å²) in [5.74, 6) is -0.284. The second-order valence-electron chi connectivity index (χ2n) is 9.69. The number of ether oxygens (including phenoxy) is 4. The topological polar surface area (TPSA) is 123 Å². The number of hydrogen-bond donors (Lipinski definition) is 2. The fourth-order valence-electron chi connectivity index (χ4n) is 4.57. The van der Waals surface area contributed by atoms with Crippen LogP contribution in [-0.4, -0.2) is 67.5 Å². The van der Waals surface area contributed by atoms with E-state index in [0.717, 1.165) is 11.1 Å². The maximum absolute atomic E-state index is 12.8. The molecule has 3 heterocycles. The lowest BCUT2D eigenvalue weighted by molar-refractivity contribution is -0.305. The lowest BCUT2D eigenvalue weighted by Crippen LogP contribution is -2.65. The van der Waals surface area contributed by atoms with Crippen molar-refractivity contribution in [2.45, 2.75) is 57.9 Å². The average Bonchev–Trinajstić information content (AvgIpc) is 3.24. The number of benzene rings is 1. The quantitative estimate of drug-likeness (QED) is 0.388. The van der Waals surface area contributed by atoms with Crippen molar-refractivity contribution in [1.82, 2.24) is 4.98 Å². The minimum atomic E-state index is -1.38. The predicted molar refractivity (Wildman–Crippen MR) is 133 cm³/mol. The third kappa shape index (κ3) is 4.71. The molecule has 0 spiro atoms. The number of fused-ring (bicyclic) bond motifs is 1. The lowest BCUT2D eigenvalue weighted by atomic mass is 9.89. The van der Waals surface area contributed by atoms with E-state index in [1.165, 1.54) is 13.2 Å². The first-order valence-electron chi connectivity index (χ1n) is 11.6. The number of nitrogens with zero attached hydrogens (tertiary/aromatic N) is 1. The van der Waals surface area contributed by atoms with Crippen molar-refractivity contribution in [3.8, 4) is 5.75 Å². The van der Waals surface area contributed by atoms with Crippen LogP contribution < -0.4 is 15.3 Å². The summed E-state index contributed by atoms with van der Waals surface area (Å²) < 4.78 is 28.9. The third-order valence-corrected chi connectivity index (χ3v) is 6.38. The fourth-order valence-corrected chi connectivity index (χ4v) is 4.57. The van der Waals surface area contributed by atoms with Crippen molar-refractivity contribution in [2.24, 2.45) is 0 Å². The molecule has 1 aromatic carbocycles. The van der Waals surface area contributed by atoms with Gasteiger partial charge in [0.25, 0.3) is 0 Å². The number of hydrogen-bond acceptors (Lipinski definition) is 9. The van der Waals surface area contributed by atoms with Gasteiger partial charge >= 0.3 is 11.6 Å². The Morgan fingerprint density at radius 2 is 1.89 bits per heavy atom. The number of aryl methyl sites for hydroxylation is 2. The number of anilines is 1. The predicted octanol–water partition coefficient (Wildman–Crippen LogP) is 2.92. The summed E-state index contributed by atoms with van der Waals surface area (Å²) in [5, 5.41) is 11.9. The highest BCUT2D eigenvalue weighted by Gasteiger charge is 2.53. The largest absolute Gasteiger partial charge is 0.462 e. The van der Waals surface area contributed by atoms with Gasteiger partial charge in [0.1, 0.15) is 23.1 Å². The van der Waals surface area contributed by atoms with Crippen LogP contribution in [0.4, 0.5) is 5.69 Å². The normalized spacial score (nSPS) is 23.4. The van der Waals surface area contributed by atoms with Gasteiger partial charge in [0, 0.05) is 43.9 Å². The van der Waals surface area contributed by atoms with Crippen LogP contribution in [-0.2, 0) is 14.2 Å². The highest BCUT2D eigenvalue weighted by atomic mass is 16.7. The molecule has 3 aromatic rings. The highest BCUT2D eigenvalue weighted by molar-refractivity contribution is 5.93. The number of carbonyl (C=O) groups is 1. The summed E-state index contributed by atoms with van der Waals surface area (Å²) in [6, 6.07) is 8.29. The molecule has 1 saturated heterocycles. The van der Waals surface area contributed by atoms with Crippen molar-refractivity contribution >= 4 is 22.6 Å². The van der Waals surface area contributed by atoms with Crippen molar-refractivity contribution in [3.05, 3.63) is 57.7 Å². The molecular formula is C26H32N2O8. The maximum atomic E-state index is 12.8. The standard InChI is InChI=1S/C26H32N2O8/c1-13-8-10-16(27-13)24(31)35-22-20(30)25(36-26(3,4)23(22)32-7)33-18-11-9-15-17(28(5)6)12-19(29)34-21(15)14(18)2/h8-12,20,22-23,25,27,30H,1-7H3/t20-,22+,23-,25-/m1/s1. The molecule has 4 atom stereocenters. The maximum Gasteiger partial charge on any atom is 0.355 e. The Morgan fingerprint density at radius 1 is 1.17 bits per heavy atom. The summed E-state index contributed by atoms with van der Waals surface area (Å²) in [6.07, 6.45) is -4.43. The zero-order chi connectivity index (χ0) is 26.4. The number of methoxy groups -OCH3 is 1. The van der Waals surface area contributed by atoms with Gasteiger partial charge in [-0.3, -0.25) is 0 Å². The molecule has 1 aliphatic heterocycles. The zero-order valence-electron chi connectivity index (χ0n) is 21.4. The Morgan fingerprint density at radius 3 is 2.50 bits per heavy atom. The number of aliphatic hydroxyl groups excluding tert-OH is 1. The molecule has 2 N–H and O–H groups in total. The number of H-pyrrole nitrogens is 1. The summed E-state index contributed by atoms with van der Waals surface area (Å²) in [7, 11) is 5.13. The zero-order valence-corrected chi connectivity index (χ0v) is 21.4. The van der Waals surface area contributed by atoms with Crippen molar-refractivity contribution in [1.29, 1.82) is 0 Å². The van der Waals surface area contributed by atoms with Gasteiger partial charge in [-0.2, -0.15) is 0 Å². The first kappa shape index (κ1) is 25.7. The Labute approximate surface area is 208 Å². The van der Waals surface area contributed by atoms with Crippen molar-refractivity contribution in [2.75, 3.05) is 26.1 Å². The van der Waals surface area contributed by atoms with E-state index in [4.69, 9.17) is 23.4 Å². The molecule has 0 unspecified atom stereocenters. The van der Waals surface area contributed by atoms with Crippen LogP contribution in [0.5, 0.6) is 5.75 Å². The van der Waals surface area contributed by atoms with Crippen molar-refractivity contribution in [3.63, 3.8) is 0 Å². The van der Waals surface area contributed by atoms with Gasteiger partial charge in [-0.15, -0.1) is 0 Å². The van der Waals surface area contributed by atoms with Gasteiger partial charge in [-0.25, -0.2) is 9.59 Å². The summed E-state index contributed by atoms with van der Waals surface area (Å²) in [4.78, 5) is 29.7. The highest BCUT2D eigenvalue weighted by Crippen LogP contribution is 2.37. The molecule has 10 heteroatoms. The van der Waals surface area contributed by atoms with Crippen LogP contribution in [0.3, 0.4) is 0 Å². The van der Waals surface area contributed by atoms with E-state index in [0.29, 0.717) is 22.6 Å². The molecular weight excluding hydrogens is 468 g/mol. The Hall–Kier alpha value is -3.34. The van der Waals surface area contributed by atoms with Crippen LogP contribution in [0.2, 0.25) is 0 Å². The second-order valence-corrected chi connectivity index (χ2v) is 9.69. The van der Waals surface area contributed by atoms with Crippen LogP contribution in [0.15, 0.2) is 39.5 Å². The SMILES string of the molecule is CO[C@@H]1[C@@H](OC(=O)c2ccc(C)[nH]2)[C@@H](O)[C@H](Oc2ccc3c(N(C)C)cc(=O)oc3c2C)OC1(C)C. The number of esters is 1. The molecule has 0 radical (unpaired) electrons. The lowest BCUT2D eigenvalue weighted by Gasteiger charge is -2.47. The molecule has 4 rings (SSSR count). The molecule has 0 saturated carbocycles. The first-order chi connectivity index (χ1) is 16.9. The molecule has 1 aliphatic rings. The monoisotopic (exact) mass is 500 g/mol. The van der Waals surface area contributed by atoms with E-state index >= 15 is 0 Å². The molecule has 0 amide bonds. The molecule has 0 bridgehead atoms. The molecule has 36 heavy (non-hydrogen) atoms. The van der Waals surface area contributed by atoms with E-state index in [2.05, 4.69) is 4.98 Å². The molecule has 194 valence electrons. The second kappa shape index (κ2) is 9.61. The number of aromatic nitrogens is 1. The summed E-state index contributed by atoms with van der Waals surface area (Å²) in [5.41, 5.74) is 1.23. The van der Waals surface area contributed by atoms with Gasteiger partial charge in [-0.1, -0.05) is 0 Å².